The van der Waals surface area contributed by atoms with E-state index in [9.17, 15) is 9.90 Å². The van der Waals surface area contributed by atoms with Gasteiger partial charge in [-0.1, -0.05) is 165 Å². The molecule has 0 saturated carbocycles. The van der Waals surface area contributed by atoms with Gasteiger partial charge in [-0.05, 0) is 77.0 Å². The molecule has 0 aliphatic rings. The van der Waals surface area contributed by atoms with Crippen molar-refractivity contribution < 1.29 is 19.4 Å². The van der Waals surface area contributed by atoms with E-state index in [1.165, 1.54) is 148 Å². The quantitative estimate of drug-likeness (QED) is 0.0403. The summed E-state index contributed by atoms with van der Waals surface area (Å²) in [5.74, 6) is -0.211. The van der Waals surface area contributed by atoms with Crippen LogP contribution in [0, 0.1) is 0 Å². The molecule has 0 aromatic rings. The summed E-state index contributed by atoms with van der Waals surface area (Å²) in [6.45, 7) is 5.29. The molecule has 0 saturated heterocycles. The van der Waals surface area contributed by atoms with E-state index in [2.05, 4.69) is 62.5 Å². The molecule has 1 N–H and O–H groups in total. The molecule has 0 aliphatic heterocycles. The molecule has 0 bridgehead atoms. The van der Waals surface area contributed by atoms with Gasteiger partial charge in [0.25, 0.3) is 0 Å². The fourth-order valence-electron chi connectivity index (χ4n) is 5.74. The number of rotatable bonds is 38. The van der Waals surface area contributed by atoms with E-state index < -0.39 is 6.10 Å². The first-order valence-electron chi connectivity index (χ1n) is 20.7. The standard InChI is InChI=1S/C44H80O4/c1-3-5-7-9-11-13-15-17-19-21-23-25-27-29-31-33-35-37-39-44(46)48-43(41-45)42-47-40-38-36-34-32-30-28-26-24-22-20-18-16-14-12-10-8-6-4-2/h12-15,18-21,43,45H,3-11,16-17,22-42H2,1-2H3/b14-12-,15-13-,20-18-,21-19-. The second-order valence-electron chi connectivity index (χ2n) is 13.7. The largest absolute Gasteiger partial charge is 0.457 e. The molecule has 0 spiro atoms. The lowest BCUT2D eigenvalue weighted by Crippen LogP contribution is -2.27. The average Bonchev–Trinajstić information content (AvgIpc) is 3.09. The topological polar surface area (TPSA) is 55.8 Å². The van der Waals surface area contributed by atoms with E-state index in [1.54, 1.807) is 0 Å². The van der Waals surface area contributed by atoms with Gasteiger partial charge in [-0.2, -0.15) is 0 Å². The summed E-state index contributed by atoms with van der Waals surface area (Å²) in [6.07, 6.45) is 53.0. The predicted molar refractivity (Wildman–Crippen MR) is 210 cm³/mol. The van der Waals surface area contributed by atoms with Crippen LogP contribution < -0.4 is 0 Å². The van der Waals surface area contributed by atoms with Gasteiger partial charge >= 0.3 is 5.97 Å². The summed E-state index contributed by atoms with van der Waals surface area (Å²) < 4.78 is 11.1. The van der Waals surface area contributed by atoms with Crippen LogP contribution in [0.2, 0.25) is 0 Å². The predicted octanol–water partition coefficient (Wildman–Crippen LogP) is 13.5. The molecule has 0 amide bonds. The molecule has 0 aromatic carbocycles. The number of aliphatic hydroxyl groups excluding tert-OH is 1. The van der Waals surface area contributed by atoms with E-state index >= 15 is 0 Å². The van der Waals surface area contributed by atoms with Gasteiger partial charge in [0.1, 0.15) is 6.10 Å². The lowest BCUT2D eigenvalue weighted by Gasteiger charge is -2.16. The maximum atomic E-state index is 12.2. The molecule has 0 aliphatic carbocycles. The fourth-order valence-corrected chi connectivity index (χ4v) is 5.74. The molecule has 48 heavy (non-hydrogen) atoms. The zero-order valence-electron chi connectivity index (χ0n) is 32.0. The van der Waals surface area contributed by atoms with Crippen LogP contribution in [0.25, 0.3) is 0 Å². The molecular weight excluding hydrogens is 592 g/mol. The Bertz CT molecular complexity index is 753. The number of ether oxygens (including phenoxy) is 2. The van der Waals surface area contributed by atoms with Gasteiger partial charge in [0.05, 0.1) is 13.2 Å². The van der Waals surface area contributed by atoms with Crippen LogP contribution >= 0.6 is 0 Å². The van der Waals surface area contributed by atoms with Crippen molar-refractivity contribution in [2.45, 2.75) is 206 Å². The van der Waals surface area contributed by atoms with Crippen LogP contribution in [0.15, 0.2) is 48.6 Å². The molecule has 1 unspecified atom stereocenters. The average molecular weight is 673 g/mol. The molecule has 280 valence electrons. The Morgan fingerprint density at radius 3 is 1.33 bits per heavy atom. The fraction of sp³-hybridized carbons (Fsp3) is 0.795. The Morgan fingerprint density at radius 2 is 0.875 bits per heavy atom. The molecule has 1 atom stereocenters. The van der Waals surface area contributed by atoms with Gasteiger partial charge in [0, 0.05) is 13.0 Å². The third kappa shape index (κ3) is 38.8. The second kappa shape index (κ2) is 41.5. The highest BCUT2D eigenvalue weighted by Gasteiger charge is 2.13. The van der Waals surface area contributed by atoms with Gasteiger partial charge in [-0.25, -0.2) is 0 Å². The van der Waals surface area contributed by atoms with Gasteiger partial charge in [0.2, 0.25) is 0 Å². The van der Waals surface area contributed by atoms with Crippen molar-refractivity contribution in [3.63, 3.8) is 0 Å². The Morgan fingerprint density at radius 1 is 0.500 bits per heavy atom. The third-order valence-electron chi connectivity index (χ3n) is 8.88. The Hall–Kier alpha value is -1.65. The summed E-state index contributed by atoms with van der Waals surface area (Å²) in [4.78, 5) is 12.2. The molecule has 0 heterocycles. The van der Waals surface area contributed by atoms with E-state index in [0.29, 0.717) is 13.0 Å². The summed E-state index contributed by atoms with van der Waals surface area (Å²) in [6, 6.07) is 0. The monoisotopic (exact) mass is 673 g/mol. The lowest BCUT2D eigenvalue weighted by molar-refractivity contribution is -0.154. The SMILES string of the molecule is CCCCC/C=C\C/C=C\CCCCCCCCCCOCC(CO)OC(=O)CCCCCCCCC/C=C\C/C=C\CCCCCC. The third-order valence-corrected chi connectivity index (χ3v) is 8.88. The maximum Gasteiger partial charge on any atom is 0.306 e. The highest BCUT2D eigenvalue weighted by molar-refractivity contribution is 5.69. The van der Waals surface area contributed by atoms with Crippen LogP contribution in [-0.2, 0) is 14.3 Å². The minimum atomic E-state index is -0.542. The normalized spacial score (nSPS) is 12.8. The first-order chi connectivity index (χ1) is 23.7. The number of aliphatic hydroxyl groups is 1. The van der Waals surface area contributed by atoms with E-state index in [1.807, 2.05) is 0 Å². The smallest absolute Gasteiger partial charge is 0.306 e. The van der Waals surface area contributed by atoms with Crippen molar-refractivity contribution in [1.29, 1.82) is 0 Å². The molecule has 0 radical (unpaired) electrons. The molecule has 0 rings (SSSR count). The van der Waals surface area contributed by atoms with E-state index in [4.69, 9.17) is 9.47 Å². The second-order valence-corrected chi connectivity index (χ2v) is 13.7. The van der Waals surface area contributed by atoms with Gasteiger partial charge in [-0.3, -0.25) is 4.79 Å². The number of carbonyl (C=O) groups excluding carboxylic acids is 1. The first-order valence-corrected chi connectivity index (χ1v) is 20.7. The molecule has 4 heteroatoms. The number of hydrogen-bond acceptors (Lipinski definition) is 4. The summed E-state index contributed by atoms with van der Waals surface area (Å²) in [5.41, 5.74) is 0. The van der Waals surface area contributed by atoms with Gasteiger partial charge < -0.3 is 14.6 Å². The Labute approximate surface area is 299 Å². The van der Waals surface area contributed by atoms with Crippen molar-refractivity contribution in [3.8, 4) is 0 Å². The summed E-state index contributed by atoms with van der Waals surface area (Å²) >= 11 is 0. The number of unbranched alkanes of at least 4 members (excludes halogenated alkanes) is 22. The number of hydrogen-bond donors (Lipinski definition) is 1. The van der Waals surface area contributed by atoms with Crippen molar-refractivity contribution >= 4 is 5.97 Å². The molecular formula is C44H80O4. The molecule has 0 fully saturated rings. The number of allylic oxidation sites excluding steroid dienone is 8. The van der Waals surface area contributed by atoms with Gasteiger partial charge in [0.15, 0.2) is 0 Å². The van der Waals surface area contributed by atoms with Crippen LogP contribution in [0.3, 0.4) is 0 Å². The number of carbonyl (C=O) groups is 1. The van der Waals surface area contributed by atoms with Crippen molar-refractivity contribution in [2.24, 2.45) is 0 Å². The highest BCUT2D eigenvalue weighted by atomic mass is 16.6. The summed E-state index contributed by atoms with van der Waals surface area (Å²) in [5, 5.41) is 9.59. The first kappa shape index (κ1) is 46.4. The van der Waals surface area contributed by atoms with Gasteiger partial charge in [-0.15, -0.1) is 0 Å². The van der Waals surface area contributed by atoms with Crippen LogP contribution in [-0.4, -0.2) is 37.0 Å². The van der Waals surface area contributed by atoms with Crippen molar-refractivity contribution in [3.05, 3.63) is 48.6 Å². The van der Waals surface area contributed by atoms with Crippen LogP contribution in [0.5, 0.6) is 0 Å². The van der Waals surface area contributed by atoms with E-state index in [-0.39, 0.29) is 19.2 Å². The van der Waals surface area contributed by atoms with Crippen LogP contribution in [0.1, 0.15) is 200 Å². The molecule has 4 nitrogen and oxygen atoms in total. The Balaban J connectivity index is 3.46. The minimum Gasteiger partial charge on any atom is -0.457 e. The Kier molecular flexibility index (Phi) is 40.1. The highest BCUT2D eigenvalue weighted by Crippen LogP contribution is 2.13. The molecule has 0 aromatic heterocycles. The van der Waals surface area contributed by atoms with E-state index in [0.717, 1.165) is 32.1 Å². The number of esters is 1. The van der Waals surface area contributed by atoms with Crippen LogP contribution in [0.4, 0.5) is 0 Å². The minimum absolute atomic E-state index is 0.178. The zero-order valence-corrected chi connectivity index (χ0v) is 32.0. The van der Waals surface area contributed by atoms with Crippen molar-refractivity contribution in [1.82, 2.24) is 0 Å². The maximum absolute atomic E-state index is 12.2. The van der Waals surface area contributed by atoms with Crippen molar-refractivity contribution in [2.75, 3.05) is 19.8 Å². The zero-order chi connectivity index (χ0) is 34.9. The summed E-state index contributed by atoms with van der Waals surface area (Å²) in [7, 11) is 0. The lowest BCUT2D eigenvalue weighted by atomic mass is 10.1.